The molecule has 0 radical (unpaired) electrons. The molecule has 4 N–H and O–H groups in total. The largest absolute Gasteiger partial charge is 0.369 e. The zero-order valence-electron chi connectivity index (χ0n) is 17.9. The smallest absolute Gasteiger partial charge is 0.222 e. The minimum atomic E-state index is -0.228. The summed E-state index contributed by atoms with van der Waals surface area (Å²) in [6.07, 6.45) is 4.65. The molecule has 30 heavy (non-hydrogen) atoms. The fourth-order valence-corrected chi connectivity index (χ4v) is 4.52. The van der Waals surface area contributed by atoms with E-state index in [0.29, 0.717) is 13.1 Å². The van der Waals surface area contributed by atoms with E-state index in [4.69, 9.17) is 10.7 Å². The van der Waals surface area contributed by atoms with E-state index in [9.17, 15) is 4.79 Å². The Morgan fingerprint density at radius 2 is 2.13 bits per heavy atom. The number of pyridine rings is 1. The van der Waals surface area contributed by atoms with Gasteiger partial charge >= 0.3 is 0 Å². The Labute approximate surface area is 182 Å². The third kappa shape index (κ3) is 5.95. The number of nitrogens with two attached hydrogens (primary N) is 1. The number of primary amides is 1. The third-order valence-electron chi connectivity index (χ3n) is 5.24. The molecule has 1 unspecified atom stereocenters. The number of rotatable bonds is 8. The molecule has 1 aliphatic rings. The second-order valence-electron chi connectivity index (χ2n) is 7.44. The first kappa shape index (κ1) is 22.1. The summed E-state index contributed by atoms with van der Waals surface area (Å²) < 4.78 is 0. The van der Waals surface area contributed by atoms with Gasteiger partial charge in [0, 0.05) is 41.1 Å². The SMILES string of the molecule is CCNC(=NCc1cccnc1N1CCCC(C(N)=O)C1)NCc1ccc(CC)s1. The van der Waals surface area contributed by atoms with Gasteiger partial charge in [0.25, 0.3) is 0 Å². The van der Waals surface area contributed by atoms with Gasteiger partial charge in [-0.25, -0.2) is 9.98 Å². The van der Waals surface area contributed by atoms with Crippen molar-refractivity contribution in [2.75, 3.05) is 24.5 Å². The summed E-state index contributed by atoms with van der Waals surface area (Å²) in [5, 5.41) is 6.73. The zero-order chi connectivity index (χ0) is 21.3. The van der Waals surface area contributed by atoms with E-state index < -0.39 is 0 Å². The lowest BCUT2D eigenvalue weighted by molar-refractivity contribution is -0.122. The second-order valence-corrected chi connectivity index (χ2v) is 8.70. The molecule has 8 heteroatoms. The maximum absolute atomic E-state index is 11.7. The fraction of sp³-hybridized carbons (Fsp3) is 0.500. The van der Waals surface area contributed by atoms with E-state index in [1.165, 1.54) is 9.75 Å². The lowest BCUT2D eigenvalue weighted by atomic mass is 9.97. The minimum Gasteiger partial charge on any atom is -0.369 e. The highest BCUT2D eigenvalue weighted by Gasteiger charge is 2.25. The molecule has 3 rings (SSSR count). The van der Waals surface area contributed by atoms with Crippen molar-refractivity contribution in [3.05, 3.63) is 45.8 Å². The van der Waals surface area contributed by atoms with E-state index in [0.717, 1.165) is 56.2 Å². The van der Waals surface area contributed by atoms with Gasteiger partial charge in [-0.2, -0.15) is 0 Å². The van der Waals surface area contributed by atoms with Crippen molar-refractivity contribution in [2.45, 2.75) is 46.2 Å². The van der Waals surface area contributed by atoms with Crippen LogP contribution >= 0.6 is 11.3 Å². The van der Waals surface area contributed by atoms with Crippen molar-refractivity contribution in [3.63, 3.8) is 0 Å². The molecule has 1 amide bonds. The number of nitrogens with zero attached hydrogens (tertiary/aromatic N) is 3. The standard InChI is InChI=1S/C22H32N6OS/c1-3-18-9-10-19(30-18)14-27-22(24-4-2)26-13-16-7-5-11-25-21(16)28-12-6-8-17(15-28)20(23)29/h5,7,9-11,17H,3-4,6,8,12-15H2,1-2H3,(H2,23,29)(H2,24,26,27). The topological polar surface area (TPSA) is 95.6 Å². The minimum absolute atomic E-state index is 0.116. The van der Waals surface area contributed by atoms with Crippen LogP contribution in [0.3, 0.4) is 0 Å². The Bertz CT molecular complexity index is 865. The van der Waals surface area contributed by atoms with Crippen LogP contribution in [0.25, 0.3) is 0 Å². The summed E-state index contributed by atoms with van der Waals surface area (Å²) in [6, 6.07) is 8.34. The van der Waals surface area contributed by atoms with Crippen molar-refractivity contribution in [1.82, 2.24) is 15.6 Å². The molecular weight excluding hydrogens is 396 g/mol. The number of aromatic nitrogens is 1. The highest BCUT2D eigenvalue weighted by molar-refractivity contribution is 7.11. The van der Waals surface area contributed by atoms with Crippen LogP contribution in [0.4, 0.5) is 5.82 Å². The van der Waals surface area contributed by atoms with Crippen LogP contribution in [-0.4, -0.2) is 36.5 Å². The number of amides is 1. The highest BCUT2D eigenvalue weighted by Crippen LogP contribution is 2.25. The second kappa shape index (κ2) is 11.0. The summed E-state index contributed by atoms with van der Waals surface area (Å²) in [7, 11) is 0. The average molecular weight is 429 g/mol. The Hall–Kier alpha value is -2.61. The number of anilines is 1. The molecule has 1 saturated heterocycles. The van der Waals surface area contributed by atoms with E-state index in [2.05, 4.69) is 52.6 Å². The normalized spacial score (nSPS) is 17.1. The molecule has 1 atom stereocenters. The van der Waals surface area contributed by atoms with Gasteiger partial charge in [0.05, 0.1) is 19.0 Å². The molecule has 162 valence electrons. The van der Waals surface area contributed by atoms with Gasteiger partial charge in [-0.1, -0.05) is 13.0 Å². The number of hydrogen-bond donors (Lipinski definition) is 3. The van der Waals surface area contributed by atoms with Gasteiger partial charge in [-0.3, -0.25) is 4.79 Å². The molecule has 3 heterocycles. The molecule has 1 fully saturated rings. The van der Waals surface area contributed by atoms with Crippen molar-refractivity contribution in [3.8, 4) is 0 Å². The number of hydrogen-bond acceptors (Lipinski definition) is 5. The van der Waals surface area contributed by atoms with Crippen LogP contribution < -0.4 is 21.3 Å². The van der Waals surface area contributed by atoms with Crippen molar-refractivity contribution in [1.29, 1.82) is 0 Å². The van der Waals surface area contributed by atoms with Crippen LogP contribution in [0.5, 0.6) is 0 Å². The number of carbonyl (C=O) groups is 1. The quantitative estimate of drug-likeness (QED) is 0.444. The summed E-state index contributed by atoms with van der Waals surface area (Å²) in [4.78, 5) is 25.9. The van der Waals surface area contributed by atoms with Gasteiger partial charge < -0.3 is 21.3 Å². The molecular formula is C22H32N6OS. The van der Waals surface area contributed by atoms with Gasteiger partial charge in [-0.15, -0.1) is 11.3 Å². The summed E-state index contributed by atoms with van der Waals surface area (Å²) in [5.74, 6) is 1.34. The van der Waals surface area contributed by atoms with Crippen LogP contribution in [0.2, 0.25) is 0 Å². The summed E-state index contributed by atoms with van der Waals surface area (Å²) in [6.45, 7) is 7.80. The van der Waals surface area contributed by atoms with Crippen molar-refractivity contribution >= 4 is 29.0 Å². The van der Waals surface area contributed by atoms with Crippen molar-refractivity contribution < 1.29 is 4.79 Å². The van der Waals surface area contributed by atoms with E-state index in [1.54, 1.807) is 6.20 Å². The number of nitrogens with one attached hydrogen (secondary N) is 2. The number of guanidine groups is 1. The number of aliphatic imine (C=N–C) groups is 1. The zero-order valence-corrected chi connectivity index (χ0v) is 18.7. The van der Waals surface area contributed by atoms with Crippen molar-refractivity contribution in [2.24, 2.45) is 16.6 Å². The molecule has 7 nitrogen and oxygen atoms in total. The van der Waals surface area contributed by atoms with Crippen LogP contribution in [0.1, 0.15) is 42.0 Å². The first-order valence-electron chi connectivity index (χ1n) is 10.7. The van der Waals surface area contributed by atoms with Gasteiger partial charge in [0.15, 0.2) is 5.96 Å². The maximum Gasteiger partial charge on any atom is 0.222 e. The number of piperidine rings is 1. The Kier molecular flexibility index (Phi) is 8.07. The molecule has 2 aromatic heterocycles. The van der Waals surface area contributed by atoms with Gasteiger partial charge in [0.2, 0.25) is 5.91 Å². The molecule has 0 aliphatic carbocycles. The molecule has 2 aromatic rings. The highest BCUT2D eigenvalue weighted by atomic mass is 32.1. The van der Waals surface area contributed by atoms with E-state index in [1.807, 2.05) is 17.4 Å². The van der Waals surface area contributed by atoms with Crippen LogP contribution in [0, 0.1) is 5.92 Å². The molecule has 0 spiro atoms. The lowest BCUT2D eigenvalue weighted by Crippen LogP contribution is -2.42. The van der Waals surface area contributed by atoms with Crippen LogP contribution in [-0.2, 0) is 24.3 Å². The first-order valence-corrected chi connectivity index (χ1v) is 11.5. The van der Waals surface area contributed by atoms with E-state index >= 15 is 0 Å². The van der Waals surface area contributed by atoms with E-state index in [-0.39, 0.29) is 11.8 Å². The predicted molar refractivity (Wildman–Crippen MR) is 124 cm³/mol. The molecule has 0 bridgehead atoms. The Morgan fingerprint density at radius 1 is 1.30 bits per heavy atom. The van der Waals surface area contributed by atoms with Gasteiger partial charge in [0.1, 0.15) is 5.82 Å². The Balaban J connectivity index is 1.68. The van der Waals surface area contributed by atoms with Gasteiger partial charge in [-0.05, 0) is 44.4 Å². The summed E-state index contributed by atoms with van der Waals surface area (Å²) in [5.41, 5.74) is 6.59. The first-order chi connectivity index (χ1) is 14.6. The fourth-order valence-electron chi connectivity index (χ4n) is 3.62. The number of carbonyl (C=O) groups excluding carboxylic acids is 1. The average Bonchev–Trinajstić information content (AvgIpc) is 3.24. The number of thiophene rings is 1. The number of aryl methyl sites for hydroxylation is 1. The molecule has 0 aromatic carbocycles. The lowest BCUT2D eigenvalue weighted by Gasteiger charge is -2.33. The molecule has 0 saturated carbocycles. The molecule has 1 aliphatic heterocycles. The Morgan fingerprint density at radius 3 is 2.87 bits per heavy atom. The third-order valence-corrected chi connectivity index (χ3v) is 6.47. The predicted octanol–water partition coefficient (Wildman–Crippen LogP) is 2.66. The van der Waals surface area contributed by atoms with Crippen LogP contribution in [0.15, 0.2) is 35.5 Å². The maximum atomic E-state index is 11.7. The summed E-state index contributed by atoms with van der Waals surface area (Å²) >= 11 is 1.83. The monoisotopic (exact) mass is 428 g/mol.